The summed E-state index contributed by atoms with van der Waals surface area (Å²) < 4.78 is 0.840. The van der Waals surface area contributed by atoms with Crippen LogP contribution < -0.4 is 10.9 Å². The van der Waals surface area contributed by atoms with Crippen LogP contribution in [0.2, 0.25) is 0 Å². The van der Waals surface area contributed by atoms with Crippen molar-refractivity contribution in [2.45, 2.75) is 6.92 Å². The number of hydrogen-bond donors (Lipinski definition) is 1. The van der Waals surface area contributed by atoms with E-state index in [0.717, 1.165) is 10.0 Å². The Hall–Kier alpha value is -1.42. The second kappa shape index (κ2) is 3.31. The first-order chi connectivity index (χ1) is 7.02. The largest absolute Gasteiger partial charge is 0.503 e. The Kier molecular flexibility index (Phi) is 2.23. The maximum absolute atomic E-state index is 11.2. The van der Waals surface area contributed by atoms with Gasteiger partial charge in [0.15, 0.2) is 5.75 Å². The van der Waals surface area contributed by atoms with Crippen LogP contribution in [-0.4, -0.2) is 5.11 Å². The molecule has 0 unspecified atom stereocenters. The molecule has 0 heterocycles. The SMILES string of the molecule is Cc1ccc(-c2c(O)c(=O)c2=O)cc1Br. The highest BCUT2D eigenvalue weighted by molar-refractivity contribution is 9.10. The lowest BCUT2D eigenvalue weighted by Gasteiger charge is -2.07. The smallest absolute Gasteiger partial charge is 0.268 e. The van der Waals surface area contributed by atoms with Gasteiger partial charge in [-0.2, -0.15) is 0 Å². The molecule has 3 nitrogen and oxygen atoms in total. The number of rotatable bonds is 1. The molecule has 15 heavy (non-hydrogen) atoms. The Morgan fingerprint density at radius 1 is 1.20 bits per heavy atom. The molecule has 0 radical (unpaired) electrons. The third kappa shape index (κ3) is 1.41. The minimum atomic E-state index is -0.804. The zero-order valence-electron chi connectivity index (χ0n) is 7.87. The van der Waals surface area contributed by atoms with Crippen molar-refractivity contribution in [2.24, 2.45) is 0 Å². The van der Waals surface area contributed by atoms with E-state index in [1.807, 2.05) is 13.0 Å². The van der Waals surface area contributed by atoms with Crippen LogP contribution in [-0.2, 0) is 0 Å². The molecule has 0 amide bonds. The molecule has 0 aliphatic heterocycles. The number of halogens is 1. The lowest BCUT2D eigenvalue weighted by Crippen LogP contribution is -2.31. The van der Waals surface area contributed by atoms with E-state index in [4.69, 9.17) is 0 Å². The molecule has 0 atom stereocenters. The van der Waals surface area contributed by atoms with Crippen molar-refractivity contribution in [1.82, 2.24) is 0 Å². The summed E-state index contributed by atoms with van der Waals surface area (Å²) in [5.74, 6) is -0.434. The summed E-state index contributed by atoms with van der Waals surface area (Å²) in [7, 11) is 0. The Morgan fingerprint density at radius 3 is 2.40 bits per heavy atom. The van der Waals surface area contributed by atoms with Gasteiger partial charge < -0.3 is 5.11 Å². The van der Waals surface area contributed by atoms with Crippen LogP contribution in [0.3, 0.4) is 0 Å². The van der Waals surface area contributed by atoms with Crippen LogP contribution in [0, 0.1) is 6.92 Å². The topological polar surface area (TPSA) is 54.4 Å². The van der Waals surface area contributed by atoms with Gasteiger partial charge in [0.2, 0.25) is 5.43 Å². The number of hydrogen-bond acceptors (Lipinski definition) is 3. The van der Waals surface area contributed by atoms with E-state index in [9.17, 15) is 14.7 Å². The van der Waals surface area contributed by atoms with Crippen LogP contribution >= 0.6 is 15.9 Å². The Morgan fingerprint density at radius 2 is 1.87 bits per heavy atom. The van der Waals surface area contributed by atoms with E-state index in [2.05, 4.69) is 15.9 Å². The molecule has 0 aliphatic carbocycles. The second-order valence-electron chi connectivity index (χ2n) is 3.35. The lowest BCUT2D eigenvalue weighted by molar-refractivity contribution is 0.465. The molecular weight excluding hydrogens is 260 g/mol. The van der Waals surface area contributed by atoms with E-state index in [1.165, 1.54) is 0 Å². The van der Waals surface area contributed by atoms with Gasteiger partial charge in [-0.1, -0.05) is 28.1 Å². The normalized spacial score (nSPS) is 10.8. The van der Waals surface area contributed by atoms with E-state index < -0.39 is 16.6 Å². The molecule has 1 N–H and O–H groups in total. The number of benzene rings is 1. The average Bonchev–Trinajstić information content (AvgIpc) is 2.23. The molecule has 2 aromatic carbocycles. The quantitative estimate of drug-likeness (QED) is 0.800. The Labute approximate surface area is 93.8 Å². The second-order valence-corrected chi connectivity index (χ2v) is 4.20. The monoisotopic (exact) mass is 266 g/mol. The minimum Gasteiger partial charge on any atom is -0.503 e. The predicted octanol–water partition coefficient (Wildman–Crippen LogP) is 1.73. The molecule has 0 saturated heterocycles. The number of aromatic hydroxyl groups is 1. The predicted molar refractivity (Wildman–Crippen MR) is 60.9 cm³/mol. The molecule has 2 aromatic rings. The van der Waals surface area contributed by atoms with Gasteiger partial charge in [-0.3, -0.25) is 9.59 Å². The zero-order chi connectivity index (χ0) is 11.2. The van der Waals surface area contributed by atoms with Crippen LogP contribution in [0.25, 0.3) is 11.1 Å². The highest BCUT2D eigenvalue weighted by atomic mass is 79.9. The summed E-state index contributed by atoms with van der Waals surface area (Å²) in [6.07, 6.45) is 0. The molecular formula is C11H7BrO3. The summed E-state index contributed by atoms with van der Waals surface area (Å²) in [5, 5.41) is 9.25. The van der Waals surface area contributed by atoms with Crippen molar-refractivity contribution >= 4 is 15.9 Å². The summed E-state index contributed by atoms with van der Waals surface area (Å²) in [4.78, 5) is 22.0. The minimum absolute atomic E-state index is 0.112. The molecule has 0 saturated carbocycles. The van der Waals surface area contributed by atoms with Gasteiger partial charge in [0.05, 0.1) is 5.56 Å². The Balaban J connectivity index is 2.62. The van der Waals surface area contributed by atoms with E-state index in [0.29, 0.717) is 5.56 Å². The zero-order valence-corrected chi connectivity index (χ0v) is 9.46. The van der Waals surface area contributed by atoms with Crippen LogP contribution in [0.5, 0.6) is 5.75 Å². The molecule has 0 aliphatic rings. The summed E-state index contributed by atoms with van der Waals surface area (Å²) in [5.41, 5.74) is 0.275. The van der Waals surface area contributed by atoms with Crippen molar-refractivity contribution in [1.29, 1.82) is 0 Å². The van der Waals surface area contributed by atoms with E-state index in [1.54, 1.807) is 12.1 Å². The third-order valence-corrected chi connectivity index (χ3v) is 3.20. The van der Waals surface area contributed by atoms with Crippen molar-refractivity contribution in [3.8, 4) is 16.9 Å². The first-order valence-electron chi connectivity index (χ1n) is 4.31. The highest BCUT2D eigenvalue weighted by Crippen LogP contribution is 2.28. The fourth-order valence-electron chi connectivity index (χ4n) is 1.40. The molecule has 0 aromatic heterocycles. The van der Waals surface area contributed by atoms with Gasteiger partial charge in [-0.05, 0) is 24.1 Å². The van der Waals surface area contributed by atoms with Gasteiger partial charge in [-0.25, -0.2) is 0 Å². The van der Waals surface area contributed by atoms with Gasteiger partial charge in [0.1, 0.15) is 0 Å². The van der Waals surface area contributed by atoms with Crippen molar-refractivity contribution in [3.05, 3.63) is 48.7 Å². The molecule has 0 spiro atoms. The van der Waals surface area contributed by atoms with Crippen LogP contribution in [0.1, 0.15) is 5.56 Å². The summed E-state index contributed by atoms with van der Waals surface area (Å²) >= 11 is 3.32. The van der Waals surface area contributed by atoms with Crippen molar-refractivity contribution in [2.75, 3.05) is 0 Å². The van der Waals surface area contributed by atoms with Crippen molar-refractivity contribution in [3.63, 3.8) is 0 Å². The van der Waals surface area contributed by atoms with Gasteiger partial charge in [0.25, 0.3) is 5.43 Å². The maximum Gasteiger partial charge on any atom is 0.268 e. The first-order valence-corrected chi connectivity index (χ1v) is 5.10. The summed E-state index contributed by atoms with van der Waals surface area (Å²) in [6.45, 7) is 1.91. The maximum atomic E-state index is 11.2. The van der Waals surface area contributed by atoms with Crippen LogP contribution in [0.4, 0.5) is 0 Å². The third-order valence-electron chi connectivity index (χ3n) is 2.35. The lowest BCUT2D eigenvalue weighted by atomic mass is 9.99. The molecule has 0 bridgehead atoms. The molecule has 76 valence electrons. The standard InChI is InChI=1S/C11H7BrO3/c1-5-2-3-6(4-7(5)12)8-9(13)11(15)10(8)14/h2-4,13H,1H3. The Bertz CT molecular complexity index is 607. The molecule has 0 fully saturated rings. The van der Waals surface area contributed by atoms with Crippen molar-refractivity contribution < 1.29 is 5.11 Å². The summed E-state index contributed by atoms with van der Waals surface area (Å²) in [6, 6.07) is 5.23. The fourth-order valence-corrected chi connectivity index (χ4v) is 1.77. The highest BCUT2D eigenvalue weighted by Gasteiger charge is 2.21. The van der Waals surface area contributed by atoms with E-state index in [-0.39, 0.29) is 5.56 Å². The molecule has 2 rings (SSSR count). The van der Waals surface area contributed by atoms with Gasteiger partial charge in [-0.15, -0.1) is 0 Å². The molecule has 4 heteroatoms. The van der Waals surface area contributed by atoms with Crippen LogP contribution in [0.15, 0.2) is 32.3 Å². The number of aryl methyl sites for hydroxylation is 1. The van der Waals surface area contributed by atoms with Gasteiger partial charge >= 0.3 is 0 Å². The first kappa shape index (κ1) is 10.1. The fraction of sp³-hybridized carbons (Fsp3) is 0.0909. The average molecular weight is 267 g/mol. The van der Waals surface area contributed by atoms with E-state index >= 15 is 0 Å². The van der Waals surface area contributed by atoms with Gasteiger partial charge in [0, 0.05) is 4.47 Å².